The van der Waals surface area contributed by atoms with Crippen LogP contribution in [0.4, 0.5) is 4.39 Å². The predicted octanol–water partition coefficient (Wildman–Crippen LogP) is 2.73. The molecule has 1 heterocycles. The molecule has 2 atom stereocenters. The quantitative estimate of drug-likeness (QED) is 0.774. The molecular weight excluding hydrogens is 343 g/mol. The summed E-state index contributed by atoms with van der Waals surface area (Å²) in [5.41, 5.74) is 0. The molecule has 1 aliphatic heterocycles. The van der Waals surface area contributed by atoms with Gasteiger partial charge in [-0.1, -0.05) is 13.8 Å². The molecule has 0 spiro atoms. The molecule has 1 aromatic carbocycles. The Balaban J connectivity index is 1.86. The molecule has 1 amide bonds. The fourth-order valence-corrected chi connectivity index (χ4v) is 4.59. The van der Waals surface area contributed by atoms with Gasteiger partial charge in [0.25, 0.3) is 0 Å². The van der Waals surface area contributed by atoms with Crippen molar-refractivity contribution in [2.75, 3.05) is 26.7 Å². The van der Waals surface area contributed by atoms with Crippen LogP contribution in [0.5, 0.6) is 0 Å². The summed E-state index contributed by atoms with van der Waals surface area (Å²) in [6, 6.07) is 4.76. The summed E-state index contributed by atoms with van der Waals surface area (Å²) in [5.74, 6) is 0.631. The Bertz CT molecular complexity index is 681. The van der Waals surface area contributed by atoms with Gasteiger partial charge in [0, 0.05) is 33.1 Å². The van der Waals surface area contributed by atoms with E-state index in [1.54, 1.807) is 0 Å². The van der Waals surface area contributed by atoms with Crippen LogP contribution in [0.1, 0.15) is 33.1 Å². The van der Waals surface area contributed by atoms with Crippen molar-refractivity contribution in [3.63, 3.8) is 0 Å². The molecule has 0 saturated carbocycles. The normalized spacial score (nSPS) is 21.6. The van der Waals surface area contributed by atoms with Gasteiger partial charge in [-0.2, -0.15) is 0 Å². The number of halogens is 1. The first kappa shape index (κ1) is 19.8. The number of nitrogens with zero attached hydrogens (tertiary/aromatic N) is 2. The van der Waals surface area contributed by atoms with Gasteiger partial charge in [-0.05, 0) is 48.9 Å². The van der Waals surface area contributed by atoms with Crippen molar-refractivity contribution in [1.29, 1.82) is 0 Å². The number of sulfonamides is 1. The van der Waals surface area contributed by atoms with Gasteiger partial charge in [-0.15, -0.1) is 0 Å². The number of rotatable bonds is 6. The Kier molecular flexibility index (Phi) is 6.57. The van der Waals surface area contributed by atoms with Crippen LogP contribution in [-0.4, -0.2) is 50.2 Å². The minimum Gasteiger partial charge on any atom is -0.342 e. The van der Waals surface area contributed by atoms with Crippen LogP contribution in [0.3, 0.4) is 0 Å². The molecule has 1 fully saturated rings. The first-order valence-electron chi connectivity index (χ1n) is 8.70. The van der Waals surface area contributed by atoms with Crippen molar-refractivity contribution in [3.05, 3.63) is 30.1 Å². The molecule has 0 radical (unpaired) electrons. The second kappa shape index (κ2) is 8.27. The Morgan fingerprint density at radius 2 is 1.76 bits per heavy atom. The Morgan fingerprint density at radius 1 is 1.20 bits per heavy atom. The maximum absolute atomic E-state index is 12.9. The zero-order valence-electron chi connectivity index (χ0n) is 15.1. The number of hydrogen-bond donors (Lipinski definition) is 0. The van der Waals surface area contributed by atoms with Crippen LogP contribution in [0.25, 0.3) is 0 Å². The van der Waals surface area contributed by atoms with Crippen molar-refractivity contribution >= 4 is 15.9 Å². The van der Waals surface area contributed by atoms with Crippen molar-refractivity contribution in [2.24, 2.45) is 11.8 Å². The van der Waals surface area contributed by atoms with Gasteiger partial charge in [0.1, 0.15) is 5.82 Å². The molecule has 25 heavy (non-hydrogen) atoms. The topological polar surface area (TPSA) is 57.7 Å². The fourth-order valence-electron chi connectivity index (χ4n) is 3.38. The van der Waals surface area contributed by atoms with E-state index in [1.165, 1.54) is 23.5 Å². The van der Waals surface area contributed by atoms with Crippen molar-refractivity contribution in [2.45, 2.75) is 38.0 Å². The monoisotopic (exact) mass is 370 g/mol. The largest absolute Gasteiger partial charge is 0.342 e. The van der Waals surface area contributed by atoms with E-state index in [9.17, 15) is 17.6 Å². The summed E-state index contributed by atoms with van der Waals surface area (Å²) in [4.78, 5) is 14.3. The summed E-state index contributed by atoms with van der Waals surface area (Å²) in [6.45, 7) is 6.13. The molecular formula is C18H27FN2O3S. The van der Waals surface area contributed by atoms with Crippen LogP contribution in [0, 0.1) is 17.7 Å². The molecule has 7 heteroatoms. The maximum atomic E-state index is 12.9. The van der Waals surface area contributed by atoms with E-state index in [4.69, 9.17) is 0 Å². The number of benzene rings is 1. The molecule has 5 nitrogen and oxygen atoms in total. The van der Waals surface area contributed by atoms with Crippen molar-refractivity contribution in [1.82, 2.24) is 9.21 Å². The second-order valence-corrected chi connectivity index (χ2v) is 9.17. The number of carbonyl (C=O) groups is 1. The van der Waals surface area contributed by atoms with Crippen molar-refractivity contribution in [3.8, 4) is 0 Å². The number of amides is 1. The summed E-state index contributed by atoms with van der Waals surface area (Å²) in [7, 11) is -2.17. The average Bonchev–Trinajstić information content (AvgIpc) is 2.54. The maximum Gasteiger partial charge on any atom is 0.242 e. The standard InChI is InChI=1S/C18H27FN2O3S/c1-14-11-15(2)13-21(12-14)18(22)5-4-10-20(3)25(23,24)17-8-6-16(19)7-9-17/h6-9,14-15H,4-5,10-13H2,1-3H3. The molecule has 140 valence electrons. The summed E-state index contributed by atoms with van der Waals surface area (Å²) in [6.07, 6.45) is 1.94. The molecule has 0 bridgehead atoms. The Morgan fingerprint density at radius 3 is 2.32 bits per heavy atom. The number of carbonyl (C=O) groups excluding carboxylic acids is 1. The first-order valence-corrected chi connectivity index (χ1v) is 10.1. The molecule has 0 aliphatic carbocycles. The summed E-state index contributed by atoms with van der Waals surface area (Å²) in [5, 5.41) is 0. The van der Waals surface area contributed by atoms with Gasteiger partial charge in [-0.25, -0.2) is 17.1 Å². The number of hydrogen-bond acceptors (Lipinski definition) is 3. The van der Waals surface area contributed by atoms with Gasteiger partial charge in [0.2, 0.25) is 15.9 Å². The smallest absolute Gasteiger partial charge is 0.242 e. The van der Waals surface area contributed by atoms with Crippen LogP contribution < -0.4 is 0 Å². The highest BCUT2D eigenvalue weighted by Crippen LogP contribution is 2.22. The predicted molar refractivity (Wildman–Crippen MR) is 95.0 cm³/mol. The molecule has 2 rings (SSSR count). The lowest BCUT2D eigenvalue weighted by Gasteiger charge is -2.35. The first-order chi connectivity index (χ1) is 11.7. The summed E-state index contributed by atoms with van der Waals surface area (Å²) >= 11 is 0. The fraction of sp³-hybridized carbons (Fsp3) is 0.611. The van der Waals surface area contributed by atoms with E-state index in [0.717, 1.165) is 31.6 Å². The minimum absolute atomic E-state index is 0.0569. The molecule has 0 N–H and O–H groups in total. The van der Waals surface area contributed by atoms with Crippen molar-refractivity contribution < 1.29 is 17.6 Å². The van der Waals surface area contributed by atoms with Crippen LogP contribution >= 0.6 is 0 Å². The lowest BCUT2D eigenvalue weighted by molar-refractivity contribution is -0.134. The van der Waals surface area contributed by atoms with Gasteiger partial charge in [0.05, 0.1) is 4.90 Å². The zero-order chi connectivity index (χ0) is 18.6. The average molecular weight is 370 g/mol. The Hall–Kier alpha value is -1.47. The molecule has 0 aromatic heterocycles. The molecule has 2 unspecified atom stereocenters. The van der Waals surface area contributed by atoms with E-state index >= 15 is 0 Å². The van der Waals surface area contributed by atoms with Gasteiger partial charge in [0.15, 0.2) is 0 Å². The van der Waals surface area contributed by atoms with E-state index in [0.29, 0.717) is 24.7 Å². The van der Waals surface area contributed by atoms with E-state index in [1.807, 2.05) is 4.90 Å². The van der Waals surface area contributed by atoms with Crippen LogP contribution in [-0.2, 0) is 14.8 Å². The second-order valence-electron chi connectivity index (χ2n) is 7.13. The van der Waals surface area contributed by atoms with Crippen LogP contribution in [0.15, 0.2) is 29.2 Å². The number of piperidine rings is 1. The highest BCUT2D eigenvalue weighted by atomic mass is 32.2. The lowest BCUT2D eigenvalue weighted by Crippen LogP contribution is -2.42. The third-order valence-electron chi connectivity index (χ3n) is 4.61. The van der Waals surface area contributed by atoms with E-state index in [-0.39, 0.29) is 17.3 Å². The minimum atomic E-state index is -3.65. The third-order valence-corrected chi connectivity index (χ3v) is 6.48. The van der Waals surface area contributed by atoms with Gasteiger partial charge in [-0.3, -0.25) is 4.79 Å². The highest BCUT2D eigenvalue weighted by Gasteiger charge is 2.26. The van der Waals surface area contributed by atoms with Gasteiger partial charge >= 0.3 is 0 Å². The molecule has 1 aromatic rings. The lowest BCUT2D eigenvalue weighted by atomic mass is 9.91. The van der Waals surface area contributed by atoms with Gasteiger partial charge < -0.3 is 4.90 Å². The highest BCUT2D eigenvalue weighted by molar-refractivity contribution is 7.89. The molecule has 1 saturated heterocycles. The van der Waals surface area contributed by atoms with E-state index in [2.05, 4.69) is 13.8 Å². The third kappa shape index (κ3) is 5.25. The number of likely N-dealkylation sites (tertiary alicyclic amines) is 1. The SMILES string of the molecule is CC1CC(C)CN(C(=O)CCCN(C)S(=O)(=O)c2ccc(F)cc2)C1. The summed E-state index contributed by atoms with van der Waals surface area (Å²) < 4.78 is 39.0. The molecule has 1 aliphatic rings. The Labute approximate surface area is 149 Å². The van der Waals surface area contributed by atoms with E-state index < -0.39 is 15.8 Å². The van der Waals surface area contributed by atoms with Crippen LogP contribution in [0.2, 0.25) is 0 Å². The zero-order valence-corrected chi connectivity index (χ0v) is 15.9.